The Morgan fingerprint density at radius 3 is 2.77 bits per heavy atom. The molecule has 0 radical (unpaired) electrons. The van der Waals surface area contributed by atoms with Crippen LogP contribution in [0.1, 0.15) is 5.56 Å². The zero-order valence-electron chi connectivity index (χ0n) is 7.50. The molecule has 5 heteroatoms. The molecule has 3 N–H and O–H groups in total. The molecule has 5 nitrogen and oxygen atoms in total. The third-order valence-electron chi connectivity index (χ3n) is 1.72. The molecule has 0 aliphatic heterocycles. The van der Waals surface area contributed by atoms with Crippen LogP contribution in [-0.2, 0) is 7.05 Å². The van der Waals surface area contributed by atoms with Crippen LogP contribution in [0.4, 0.5) is 10.5 Å². The Labute approximate surface area is 75.2 Å². The first-order valence-electron chi connectivity index (χ1n) is 3.75. The maximum atomic E-state index is 11.4. The van der Waals surface area contributed by atoms with Crippen LogP contribution in [0.25, 0.3) is 0 Å². The van der Waals surface area contributed by atoms with Crippen LogP contribution in [-0.4, -0.2) is 10.6 Å². The van der Waals surface area contributed by atoms with E-state index in [1.807, 2.05) is 0 Å². The summed E-state index contributed by atoms with van der Waals surface area (Å²) in [4.78, 5) is 22.0. The lowest BCUT2D eigenvalue weighted by molar-refractivity contribution is 0.259. The number of rotatable bonds is 1. The van der Waals surface area contributed by atoms with Gasteiger partial charge in [-0.3, -0.25) is 4.79 Å². The van der Waals surface area contributed by atoms with E-state index < -0.39 is 6.03 Å². The Morgan fingerprint density at radius 1 is 1.62 bits per heavy atom. The number of carbonyl (C=O) groups excluding carboxylic acids is 1. The summed E-state index contributed by atoms with van der Waals surface area (Å²) in [7, 11) is 1.61. The number of hydrogen-bond acceptors (Lipinski definition) is 2. The van der Waals surface area contributed by atoms with Crippen LogP contribution in [0.5, 0.6) is 0 Å². The minimum absolute atomic E-state index is 0.234. The van der Waals surface area contributed by atoms with Gasteiger partial charge in [-0.25, -0.2) is 4.79 Å². The summed E-state index contributed by atoms with van der Waals surface area (Å²) in [6.45, 7) is 1.73. The zero-order chi connectivity index (χ0) is 10.0. The quantitative estimate of drug-likeness (QED) is 0.648. The van der Waals surface area contributed by atoms with Crippen molar-refractivity contribution < 1.29 is 4.79 Å². The van der Waals surface area contributed by atoms with Gasteiger partial charge in [-0.2, -0.15) is 0 Å². The first-order valence-corrected chi connectivity index (χ1v) is 3.75. The third kappa shape index (κ3) is 1.87. The number of anilines is 1. The summed E-state index contributed by atoms with van der Waals surface area (Å²) in [5.74, 6) is 0. The highest BCUT2D eigenvalue weighted by atomic mass is 16.2. The molecule has 13 heavy (non-hydrogen) atoms. The second-order valence-corrected chi connectivity index (χ2v) is 2.78. The van der Waals surface area contributed by atoms with Gasteiger partial charge in [0.05, 0.1) is 0 Å². The first kappa shape index (κ1) is 9.31. The van der Waals surface area contributed by atoms with Gasteiger partial charge in [0.15, 0.2) is 0 Å². The van der Waals surface area contributed by atoms with Crippen molar-refractivity contribution in [3.05, 3.63) is 28.2 Å². The Kier molecular flexibility index (Phi) is 2.36. The smallest absolute Gasteiger partial charge is 0.316 e. The van der Waals surface area contributed by atoms with Gasteiger partial charge >= 0.3 is 6.03 Å². The van der Waals surface area contributed by atoms with Gasteiger partial charge < -0.3 is 15.6 Å². The molecule has 0 saturated carbocycles. The summed E-state index contributed by atoms with van der Waals surface area (Å²) in [6, 6.07) is 0.999. The summed E-state index contributed by atoms with van der Waals surface area (Å²) in [5.41, 5.74) is 5.58. The molecule has 0 atom stereocenters. The molecule has 70 valence electrons. The SMILES string of the molecule is Cc1ccn(C)c(=O)c1NC(N)=O. The van der Waals surface area contributed by atoms with Crippen LogP contribution in [0.15, 0.2) is 17.1 Å². The summed E-state index contributed by atoms with van der Waals surface area (Å²) < 4.78 is 1.37. The number of aromatic nitrogens is 1. The number of nitrogens with zero attached hydrogens (tertiary/aromatic N) is 1. The van der Waals surface area contributed by atoms with E-state index >= 15 is 0 Å². The first-order chi connectivity index (χ1) is 6.02. The number of pyridine rings is 1. The summed E-state index contributed by atoms with van der Waals surface area (Å²) in [5, 5.41) is 2.29. The second kappa shape index (κ2) is 3.30. The van der Waals surface area contributed by atoms with Gasteiger partial charge in [0.1, 0.15) is 5.69 Å². The number of carbonyl (C=O) groups is 1. The average Bonchev–Trinajstić information content (AvgIpc) is 2.05. The molecule has 0 bridgehead atoms. The third-order valence-corrected chi connectivity index (χ3v) is 1.72. The molecule has 1 aromatic heterocycles. The Bertz CT molecular complexity index is 395. The van der Waals surface area contributed by atoms with E-state index in [1.165, 1.54) is 4.57 Å². The minimum Gasteiger partial charge on any atom is -0.351 e. The lowest BCUT2D eigenvalue weighted by Crippen LogP contribution is -2.28. The fourth-order valence-electron chi connectivity index (χ4n) is 0.995. The average molecular weight is 181 g/mol. The van der Waals surface area contributed by atoms with Crippen LogP contribution < -0.4 is 16.6 Å². The Balaban J connectivity index is 3.26. The molecular weight excluding hydrogens is 170 g/mol. The number of nitrogens with two attached hydrogens (primary N) is 1. The highest BCUT2D eigenvalue weighted by Gasteiger charge is 2.06. The van der Waals surface area contributed by atoms with E-state index in [-0.39, 0.29) is 11.2 Å². The number of nitrogens with one attached hydrogen (secondary N) is 1. The topological polar surface area (TPSA) is 77.1 Å². The van der Waals surface area contributed by atoms with E-state index in [4.69, 9.17) is 5.73 Å². The number of amides is 2. The van der Waals surface area contributed by atoms with Crippen molar-refractivity contribution in [2.45, 2.75) is 6.92 Å². The monoisotopic (exact) mass is 181 g/mol. The van der Waals surface area contributed by atoms with Crippen molar-refractivity contribution >= 4 is 11.7 Å². The van der Waals surface area contributed by atoms with Gasteiger partial charge in [-0.05, 0) is 18.6 Å². The van der Waals surface area contributed by atoms with Crippen LogP contribution in [0, 0.1) is 6.92 Å². The predicted molar refractivity (Wildman–Crippen MR) is 49.6 cm³/mol. The highest BCUT2D eigenvalue weighted by molar-refractivity contribution is 5.88. The van der Waals surface area contributed by atoms with E-state index in [1.54, 1.807) is 26.2 Å². The largest absolute Gasteiger partial charge is 0.351 e. The summed E-state index contributed by atoms with van der Waals surface area (Å²) in [6.07, 6.45) is 1.63. The Morgan fingerprint density at radius 2 is 2.23 bits per heavy atom. The van der Waals surface area contributed by atoms with Crippen molar-refractivity contribution in [1.29, 1.82) is 0 Å². The van der Waals surface area contributed by atoms with E-state index in [0.29, 0.717) is 5.56 Å². The molecule has 0 fully saturated rings. The number of hydrogen-bond donors (Lipinski definition) is 2. The maximum Gasteiger partial charge on any atom is 0.316 e. The van der Waals surface area contributed by atoms with Gasteiger partial charge in [-0.1, -0.05) is 0 Å². The van der Waals surface area contributed by atoms with E-state index in [9.17, 15) is 9.59 Å². The highest BCUT2D eigenvalue weighted by Crippen LogP contribution is 2.06. The predicted octanol–water partition coefficient (Wildman–Crippen LogP) is 0.184. The summed E-state index contributed by atoms with van der Waals surface area (Å²) >= 11 is 0. The van der Waals surface area contributed by atoms with Crippen molar-refractivity contribution in [2.75, 3.05) is 5.32 Å². The van der Waals surface area contributed by atoms with Crippen molar-refractivity contribution in [2.24, 2.45) is 12.8 Å². The lowest BCUT2D eigenvalue weighted by Gasteiger charge is -2.06. The van der Waals surface area contributed by atoms with Gasteiger partial charge in [0.25, 0.3) is 5.56 Å². The molecule has 1 aromatic rings. The van der Waals surface area contributed by atoms with E-state index in [0.717, 1.165) is 0 Å². The number of primary amides is 1. The molecule has 0 spiro atoms. The molecule has 1 rings (SSSR count). The van der Waals surface area contributed by atoms with Gasteiger partial charge in [-0.15, -0.1) is 0 Å². The molecule has 0 aliphatic rings. The normalized spacial score (nSPS) is 9.69. The fourth-order valence-corrected chi connectivity index (χ4v) is 0.995. The molecule has 2 amide bonds. The van der Waals surface area contributed by atoms with Crippen molar-refractivity contribution in [3.8, 4) is 0 Å². The molecule has 0 aromatic carbocycles. The molecule has 0 unspecified atom stereocenters. The Hall–Kier alpha value is -1.78. The van der Waals surface area contributed by atoms with Crippen LogP contribution in [0.2, 0.25) is 0 Å². The zero-order valence-corrected chi connectivity index (χ0v) is 7.50. The molecule has 0 aliphatic carbocycles. The fraction of sp³-hybridized carbons (Fsp3) is 0.250. The number of urea groups is 1. The molecule has 0 saturated heterocycles. The number of aryl methyl sites for hydroxylation is 2. The van der Waals surface area contributed by atoms with Crippen molar-refractivity contribution in [3.63, 3.8) is 0 Å². The van der Waals surface area contributed by atoms with Gasteiger partial charge in [0.2, 0.25) is 0 Å². The minimum atomic E-state index is -0.730. The van der Waals surface area contributed by atoms with Crippen molar-refractivity contribution in [1.82, 2.24) is 4.57 Å². The van der Waals surface area contributed by atoms with Crippen LogP contribution >= 0.6 is 0 Å². The maximum absolute atomic E-state index is 11.4. The molecule has 1 heterocycles. The van der Waals surface area contributed by atoms with Crippen LogP contribution in [0.3, 0.4) is 0 Å². The molecular formula is C8H11N3O2. The van der Waals surface area contributed by atoms with Gasteiger partial charge in [0, 0.05) is 13.2 Å². The second-order valence-electron chi connectivity index (χ2n) is 2.78. The van der Waals surface area contributed by atoms with E-state index in [2.05, 4.69) is 5.32 Å². The lowest BCUT2D eigenvalue weighted by atomic mass is 10.2. The standard InChI is InChI=1S/C8H11N3O2/c1-5-3-4-11(2)7(12)6(5)10-8(9)13/h3-4H,1-2H3,(H3,9,10,13).